The lowest BCUT2D eigenvalue weighted by Gasteiger charge is -2.25. The van der Waals surface area contributed by atoms with Crippen molar-refractivity contribution in [2.24, 2.45) is 7.05 Å². The Bertz CT molecular complexity index is 600. The highest BCUT2D eigenvalue weighted by Gasteiger charge is 2.26. The number of carboxylic acids is 1. The third-order valence-electron chi connectivity index (χ3n) is 3.19. The molecule has 2 aromatic heterocycles. The Kier molecular flexibility index (Phi) is 2.32. The van der Waals surface area contributed by atoms with Crippen molar-refractivity contribution in [1.29, 1.82) is 0 Å². The Morgan fingerprint density at radius 1 is 1.61 bits per heavy atom. The fraction of sp³-hybridized carbons (Fsp3) is 0.364. The van der Waals surface area contributed by atoms with Crippen molar-refractivity contribution < 1.29 is 9.90 Å². The molecule has 7 heteroatoms. The summed E-state index contributed by atoms with van der Waals surface area (Å²) in [5, 5.41) is 16.2. The van der Waals surface area contributed by atoms with Crippen LogP contribution in [0.15, 0.2) is 18.5 Å². The predicted octanol–water partition coefficient (Wildman–Crippen LogP) is 0.720. The minimum atomic E-state index is -1.01. The molecule has 0 bridgehead atoms. The molecule has 2 N–H and O–H groups in total. The number of hydrogen-bond donors (Lipinski definition) is 2. The second kappa shape index (κ2) is 3.86. The van der Waals surface area contributed by atoms with Crippen LogP contribution < -0.4 is 5.32 Å². The topological polar surface area (TPSA) is 85.0 Å². The van der Waals surface area contributed by atoms with Crippen molar-refractivity contribution >= 4 is 11.9 Å². The number of nitrogens with zero attached hydrogens (tertiary/aromatic N) is 4. The van der Waals surface area contributed by atoms with E-state index >= 15 is 0 Å². The Balaban J connectivity index is 2.06. The van der Waals surface area contributed by atoms with E-state index in [0.29, 0.717) is 5.95 Å². The number of carboxylic acid groups (broad SMARTS) is 1. The molecule has 0 saturated heterocycles. The van der Waals surface area contributed by atoms with Crippen LogP contribution in [0, 0.1) is 0 Å². The molecule has 1 atom stereocenters. The quantitative estimate of drug-likeness (QED) is 0.816. The Morgan fingerprint density at radius 3 is 3.11 bits per heavy atom. The standard InChI is InChI=1S/C11H13N5O2/c1-15-8(3-5-13-15)9-2-4-12-11-14-7(10(17)18)6-16(9)11/h3,5-6,9H,2,4H2,1H3,(H,12,14)(H,17,18). The van der Waals surface area contributed by atoms with E-state index in [0.717, 1.165) is 18.7 Å². The van der Waals surface area contributed by atoms with Crippen LogP contribution in [0.4, 0.5) is 5.95 Å². The van der Waals surface area contributed by atoms with Crippen LogP contribution in [0.5, 0.6) is 0 Å². The van der Waals surface area contributed by atoms with Crippen molar-refractivity contribution in [3.05, 3.63) is 29.8 Å². The van der Waals surface area contributed by atoms with E-state index in [1.165, 1.54) is 0 Å². The number of hydrogen-bond acceptors (Lipinski definition) is 4. The second-order valence-electron chi connectivity index (χ2n) is 4.27. The van der Waals surface area contributed by atoms with Gasteiger partial charge in [0.15, 0.2) is 5.69 Å². The van der Waals surface area contributed by atoms with Crippen molar-refractivity contribution in [3.63, 3.8) is 0 Å². The molecule has 2 aromatic rings. The van der Waals surface area contributed by atoms with Crippen LogP contribution in [-0.2, 0) is 7.05 Å². The smallest absolute Gasteiger partial charge is 0.356 e. The molecule has 0 spiro atoms. The summed E-state index contributed by atoms with van der Waals surface area (Å²) in [6.45, 7) is 0.770. The van der Waals surface area contributed by atoms with Gasteiger partial charge in [-0.15, -0.1) is 0 Å². The molecule has 18 heavy (non-hydrogen) atoms. The van der Waals surface area contributed by atoms with Gasteiger partial charge in [-0.1, -0.05) is 0 Å². The molecule has 3 heterocycles. The number of carbonyl (C=O) groups is 1. The number of aromatic carboxylic acids is 1. The van der Waals surface area contributed by atoms with E-state index in [2.05, 4.69) is 15.4 Å². The zero-order valence-electron chi connectivity index (χ0n) is 9.87. The summed E-state index contributed by atoms with van der Waals surface area (Å²) in [6, 6.07) is 2.02. The zero-order chi connectivity index (χ0) is 12.7. The van der Waals surface area contributed by atoms with Gasteiger partial charge in [-0.25, -0.2) is 9.78 Å². The van der Waals surface area contributed by atoms with E-state index in [4.69, 9.17) is 5.11 Å². The maximum absolute atomic E-state index is 11.0. The minimum Gasteiger partial charge on any atom is -0.476 e. The summed E-state index contributed by atoms with van der Waals surface area (Å²) >= 11 is 0. The first-order valence-electron chi connectivity index (χ1n) is 5.71. The third kappa shape index (κ3) is 1.55. The molecular weight excluding hydrogens is 234 g/mol. The summed E-state index contributed by atoms with van der Waals surface area (Å²) in [7, 11) is 1.88. The van der Waals surface area contributed by atoms with Gasteiger partial charge in [0.2, 0.25) is 5.95 Å². The molecule has 0 fully saturated rings. The van der Waals surface area contributed by atoms with Gasteiger partial charge >= 0.3 is 5.97 Å². The first-order valence-corrected chi connectivity index (χ1v) is 5.71. The zero-order valence-corrected chi connectivity index (χ0v) is 9.87. The number of aryl methyl sites for hydroxylation is 1. The van der Waals surface area contributed by atoms with Gasteiger partial charge in [0.1, 0.15) is 0 Å². The van der Waals surface area contributed by atoms with Crippen molar-refractivity contribution in [2.75, 3.05) is 11.9 Å². The van der Waals surface area contributed by atoms with Gasteiger partial charge in [-0.3, -0.25) is 4.68 Å². The predicted molar refractivity (Wildman–Crippen MR) is 63.6 cm³/mol. The largest absolute Gasteiger partial charge is 0.476 e. The molecule has 0 amide bonds. The van der Waals surface area contributed by atoms with Crippen LogP contribution in [0.1, 0.15) is 28.6 Å². The SMILES string of the molecule is Cn1nccc1C1CCNc2nc(C(=O)O)cn21. The molecule has 1 unspecified atom stereocenters. The number of imidazole rings is 1. The molecule has 0 aliphatic carbocycles. The van der Waals surface area contributed by atoms with Crippen molar-refractivity contribution in [1.82, 2.24) is 19.3 Å². The van der Waals surface area contributed by atoms with Crippen LogP contribution in [0.25, 0.3) is 0 Å². The maximum Gasteiger partial charge on any atom is 0.356 e. The van der Waals surface area contributed by atoms with Gasteiger partial charge in [-0.2, -0.15) is 5.10 Å². The van der Waals surface area contributed by atoms with Gasteiger partial charge in [-0.05, 0) is 12.5 Å². The highest BCUT2D eigenvalue weighted by Crippen LogP contribution is 2.29. The van der Waals surface area contributed by atoms with E-state index < -0.39 is 5.97 Å². The molecular formula is C11H13N5O2. The first kappa shape index (κ1) is 10.8. The molecule has 0 radical (unpaired) electrons. The summed E-state index contributed by atoms with van der Waals surface area (Å²) < 4.78 is 3.67. The normalized spacial score (nSPS) is 18.2. The highest BCUT2D eigenvalue weighted by molar-refractivity contribution is 5.85. The summed E-state index contributed by atoms with van der Waals surface area (Å²) in [5.41, 5.74) is 1.11. The number of aromatic nitrogens is 4. The lowest BCUT2D eigenvalue weighted by atomic mass is 10.1. The molecule has 7 nitrogen and oxygen atoms in total. The number of nitrogens with one attached hydrogen (secondary N) is 1. The Morgan fingerprint density at radius 2 is 2.44 bits per heavy atom. The monoisotopic (exact) mass is 247 g/mol. The summed E-state index contributed by atoms with van der Waals surface area (Å²) in [5.74, 6) is -0.410. The van der Waals surface area contributed by atoms with E-state index in [-0.39, 0.29) is 11.7 Å². The van der Waals surface area contributed by atoms with Gasteiger partial charge in [0.25, 0.3) is 0 Å². The molecule has 1 aliphatic heterocycles. The van der Waals surface area contributed by atoms with Crippen LogP contribution in [0.2, 0.25) is 0 Å². The van der Waals surface area contributed by atoms with E-state index in [1.54, 1.807) is 17.1 Å². The molecule has 94 valence electrons. The number of anilines is 1. The van der Waals surface area contributed by atoms with Crippen LogP contribution >= 0.6 is 0 Å². The molecule has 3 rings (SSSR count). The Hall–Kier alpha value is -2.31. The minimum absolute atomic E-state index is 0.0616. The summed E-state index contributed by atoms with van der Waals surface area (Å²) in [6.07, 6.45) is 4.19. The molecule has 1 aliphatic rings. The lowest BCUT2D eigenvalue weighted by Crippen LogP contribution is -2.24. The van der Waals surface area contributed by atoms with Crippen molar-refractivity contribution in [2.45, 2.75) is 12.5 Å². The molecule has 0 aromatic carbocycles. The first-order chi connectivity index (χ1) is 8.66. The van der Waals surface area contributed by atoms with Gasteiger partial charge in [0, 0.05) is 26.0 Å². The average Bonchev–Trinajstić information content (AvgIpc) is 2.94. The maximum atomic E-state index is 11.0. The van der Waals surface area contributed by atoms with Crippen LogP contribution in [-0.4, -0.2) is 37.0 Å². The number of fused-ring (bicyclic) bond motifs is 1. The van der Waals surface area contributed by atoms with E-state index in [1.807, 2.05) is 17.7 Å². The molecule has 0 saturated carbocycles. The number of rotatable bonds is 2. The fourth-order valence-electron chi connectivity index (χ4n) is 2.33. The Labute approximate surface area is 103 Å². The van der Waals surface area contributed by atoms with Crippen molar-refractivity contribution in [3.8, 4) is 0 Å². The third-order valence-corrected chi connectivity index (χ3v) is 3.19. The lowest BCUT2D eigenvalue weighted by molar-refractivity contribution is 0.0691. The van der Waals surface area contributed by atoms with E-state index in [9.17, 15) is 4.79 Å². The fourth-order valence-corrected chi connectivity index (χ4v) is 2.33. The average molecular weight is 247 g/mol. The van der Waals surface area contributed by atoms with Crippen LogP contribution in [0.3, 0.4) is 0 Å². The highest BCUT2D eigenvalue weighted by atomic mass is 16.4. The van der Waals surface area contributed by atoms with Gasteiger partial charge < -0.3 is 15.0 Å². The van der Waals surface area contributed by atoms with Gasteiger partial charge in [0.05, 0.1) is 11.7 Å². The summed E-state index contributed by atoms with van der Waals surface area (Å²) in [4.78, 5) is 15.0. The second-order valence-corrected chi connectivity index (χ2v) is 4.27.